The molecule has 0 aliphatic carbocycles. The second-order valence-electron chi connectivity index (χ2n) is 4.55. The Labute approximate surface area is 114 Å². The molecule has 0 aromatic heterocycles. The van der Waals surface area contributed by atoms with Crippen molar-refractivity contribution in [3.8, 4) is 11.5 Å². The molecule has 1 heterocycles. The number of hydrogen-bond acceptors (Lipinski definition) is 3. The predicted octanol–water partition coefficient (Wildman–Crippen LogP) is 2.99. The summed E-state index contributed by atoms with van der Waals surface area (Å²) in [7, 11) is 1.36. The minimum Gasteiger partial charge on any atom is -0.504 e. The Hall–Kier alpha value is -0.810. The summed E-state index contributed by atoms with van der Waals surface area (Å²) >= 11 is 3.30. The van der Waals surface area contributed by atoms with E-state index in [-0.39, 0.29) is 11.5 Å². The summed E-state index contributed by atoms with van der Waals surface area (Å²) in [5, 5.41) is 13.0. The van der Waals surface area contributed by atoms with E-state index in [1.54, 1.807) is 0 Å². The smallest absolute Gasteiger partial charge is 0.196 e. The number of hydrogen-bond donors (Lipinski definition) is 2. The van der Waals surface area contributed by atoms with Gasteiger partial charge in [-0.3, -0.25) is 0 Å². The van der Waals surface area contributed by atoms with Crippen LogP contribution in [0.25, 0.3) is 0 Å². The number of benzene rings is 1. The number of piperidine rings is 1. The molecule has 1 fully saturated rings. The van der Waals surface area contributed by atoms with Crippen molar-refractivity contribution >= 4 is 15.9 Å². The quantitative estimate of drug-likeness (QED) is 0.900. The zero-order chi connectivity index (χ0) is 13.1. The van der Waals surface area contributed by atoms with Crippen LogP contribution in [0, 0.1) is 5.82 Å². The summed E-state index contributed by atoms with van der Waals surface area (Å²) in [5.74, 6) is -0.733. The van der Waals surface area contributed by atoms with Crippen LogP contribution in [0.15, 0.2) is 10.5 Å². The highest BCUT2D eigenvalue weighted by atomic mass is 79.9. The van der Waals surface area contributed by atoms with Gasteiger partial charge in [-0.2, -0.15) is 0 Å². The number of phenols is 1. The van der Waals surface area contributed by atoms with Gasteiger partial charge in [-0.05, 0) is 31.9 Å². The van der Waals surface area contributed by atoms with Crippen molar-refractivity contribution in [1.29, 1.82) is 0 Å². The average molecular weight is 318 g/mol. The van der Waals surface area contributed by atoms with Crippen LogP contribution in [0.4, 0.5) is 4.39 Å². The van der Waals surface area contributed by atoms with Crippen molar-refractivity contribution in [1.82, 2.24) is 5.32 Å². The van der Waals surface area contributed by atoms with Gasteiger partial charge in [0.15, 0.2) is 17.3 Å². The lowest BCUT2D eigenvalue weighted by Crippen LogP contribution is -2.35. The minimum absolute atomic E-state index is 0.0796. The number of methoxy groups -OCH3 is 1. The highest BCUT2D eigenvalue weighted by Crippen LogP contribution is 2.37. The number of nitrogens with one attached hydrogen (secondary N) is 1. The summed E-state index contributed by atoms with van der Waals surface area (Å²) < 4.78 is 19.7. The van der Waals surface area contributed by atoms with Crippen LogP contribution in [0.5, 0.6) is 11.5 Å². The van der Waals surface area contributed by atoms with Gasteiger partial charge in [0, 0.05) is 16.1 Å². The van der Waals surface area contributed by atoms with Crippen LogP contribution < -0.4 is 10.1 Å². The maximum Gasteiger partial charge on any atom is 0.196 e. The van der Waals surface area contributed by atoms with E-state index in [1.807, 2.05) is 0 Å². The van der Waals surface area contributed by atoms with E-state index in [9.17, 15) is 9.50 Å². The lowest BCUT2D eigenvalue weighted by Gasteiger charge is -2.24. The fraction of sp³-hybridized carbons (Fsp3) is 0.538. The zero-order valence-corrected chi connectivity index (χ0v) is 11.9. The van der Waals surface area contributed by atoms with Crippen molar-refractivity contribution in [2.45, 2.75) is 31.7 Å². The van der Waals surface area contributed by atoms with Gasteiger partial charge in [-0.1, -0.05) is 22.4 Å². The summed E-state index contributed by atoms with van der Waals surface area (Å²) in [5.41, 5.74) is 0.559. The van der Waals surface area contributed by atoms with Gasteiger partial charge in [-0.15, -0.1) is 0 Å². The number of ether oxygens (including phenoxy) is 1. The van der Waals surface area contributed by atoms with Gasteiger partial charge < -0.3 is 15.2 Å². The Morgan fingerprint density at radius 2 is 2.33 bits per heavy atom. The molecule has 1 atom stereocenters. The van der Waals surface area contributed by atoms with Crippen molar-refractivity contribution in [3.05, 3.63) is 21.9 Å². The van der Waals surface area contributed by atoms with Crippen LogP contribution in [0.1, 0.15) is 24.8 Å². The molecule has 0 spiro atoms. The lowest BCUT2D eigenvalue weighted by atomic mass is 9.97. The summed E-state index contributed by atoms with van der Waals surface area (Å²) in [4.78, 5) is 0. The molecule has 1 aromatic rings. The third kappa shape index (κ3) is 2.78. The van der Waals surface area contributed by atoms with Crippen molar-refractivity contribution in [3.63, 3.8) is 0 Å². The van der Waals surface area contributed by atoms with Crippen LogP contribution in [0.2, 0.25) is 0 Å². The standard InChI is InChI=1S/C13H17BrFNO2/c1-18-13-11(17)7-10(14)9(12(13)15)6-8-4-2-3-5-16-8/h7-8,16-17H,2-6H2,1H3. The third-order valence-corrected chi connectivity index (χ3v) is 4.02. The number of rotatable bonds is 3. The largest absolute Gasteiger partial charge is 0.504 e. The third-order valence-electron chi connectivity index (χ3n) is 3.32. The second kappa shape index (κ2) is 5.89. The number of halogens is 2. The molecule has 5 heteroatoms. The molecule has 1 saturated heterocycles. The fourth-order valence-corrected chi connectivity index (χ4v) is 2.91. The van der Waals surface area contributed by atoms with Crippen LogP contribution in [-0.2, 0) is 6.42 Å². The van der Waals surface area contributed by atoms with E-state index < -0.39 is 5.82 Å². The first-order valence-electron chi connectivity index (χ1n) is 6.10. The van der Waals surface area contributed by atoms with Gasteiger partial charge in [0.2, 0.25) is 0 Å². The first-order chi connectivity index (χ1) is 8.63. The van der Waals surface area contributed by atoms with Gasteiger partial charge in [0.1, 0.15) is 0 Å². The summed E-state index contributed by atoms with van der Waals surface area (Å²) in [6.07, 6.45) is 4.00. The predicted molar refractivity (Wildman–Crippen MR) is 71.7 cm³/mol. The van der Waals surface area contributed by atoms with Gasteiger partial charge >= 0.3 is 0 Å². The van der Waals surface area contributed by atoms with Gasteiger partial charge in [-0.25, -0.2) is 4.39 Å². The molecule has 0 amide bonds. The number of phenolic OH excluding ortho intramolecular Hbond substituents is 1. The van der Waals surface area contributed by atoms with E-state index in [0.717, 1.165) is 13.0 Å². The molecule has 18 heavy (non-hydrogen) atoms. The highest BCUT2D eigenvalue weighted by molar-refractivity contribution is 9.10. The second-order valence-corrected chi connectivity index (χ2v) is 5.41. The van der Waals surface area contributed by atoms with Crippen molar-refractivity contribution in [2.75, 3.05) is 13.7 Å². The molecule has 0 radical (unpaired) electrons. The van der Waals surface area contributed by atoms with E-state index in [0.29, 0.717) is 22.5 Å². The normalized spacial score (nSPS) is 19.8. The molecule has 2 rings (SSSR count). The zero-order valence-electron chi connectivity index (χ0n) is 10.3. The maximum absolute atomic E-state index is 14.2. The van der Waals surface area contributed by atoms with E-state index in [1.165, 1.54) is 26.0 Å². The Bertz CT molecular complexity index is 433. The Morgan fingerprint density at radius 1 is 1.56 bits per heavy atom. The Kier molecular flexibility index (Phi) is 4.45. The molecule has 1 aromatic carbocycles. The topological polar surface area (TPSA) is 41.5 Å². The molecular weight excluding hydrogens is 301 g/mol. The molecular formula is C13H17BrFNO2. The number of aromatic hydroxyl groups is 1. The SMILES string of the molecule is COc1c(O)cc(Br)c(CC2CCCCN2)c1F. The maximum atomic E-state index is 14.2. The van der Waals surface area contributed by atoms with E-state index in [2.05, 4.69) is 21.2 Å². The van der Waals surface area contributed by atoms with Crippen molar-refractivity contribution < 1.29 is 14.2 Å². The molecule has 1 unspecified atom stereocenters. The lowest BCUT2D eigenvalue weighted by molar-refractivity contribution is 0.345. The average Bonchev–Trinajstić information content (AvgIpc) is 2.36. The molecule has 1 aliphatic rings. The molecule has 0 bridgehead atoms. The van der Waals surface area contributed by atoms with Crippen LogP contribution in [0.3, 0.4) is 0 Å². The first-order valence-corrected chi connectivity index (χ1v) is 6.90. The summed E-state index contributed by atoms with van der Waals surface area (Å²) in [6.45, 7) is 0.985. The highest BCUT2D eigenvalue weighted by Gasteiger charge is 2.21. The monoisotopic (exact) mass is 317 g/mol. The van der Waals surface area contributed by atoms with Gasteiger partial charge in [0.25, 0.3) is 0 Å². The van der Waals surface area contributed by atoms with Crippen LogP contribution >= 0.6 is 15.9 Å². The van der Waals surface area contributed by atoms with E-state index >= 15 is 0 Å². The minimum atomic E-state index is -0.475. The molecule has 1 aliphatic heterocycles. The molecule has 3 nitrogen and oxygen atoms in total. The van der Waals surface area contributed by atoms with E-state index in [4.69, 9.17) is 4.74 Å². The van der Waals surface area contributed by atoms with Crippen LogP contribution in [-0.4, -0.2) is 24.8 Å². The molecule has 0 saturated carbocycles. The Morgan fingerprint density at radius 3 is 2.94 bits per heavy atom. The first kappa shape index (κ1) is 13.6. The molecule has 2 N–H and O–H groups in total. The van der Waals surface area contributed by atoms with Gasteiger partial charge in [0.05, 0.1) is 7.11 Å². The fourth-order valence-electron chi connectivity index (χ4n) is 2.35. The molecule has 100 valence electrons. The Balaban J connectivity index is 2.26. The van der Waals surface area contributed by atoms with Crippen molar-refractivity contribution in [2.24, 2.45) is 0 Å². The summed E-state index contributed by atoms with van der Waals surface area (Å²) in [6, 6.07) is 1.78.